The van der Waals surface area contributed by atoms with E-state index in [-0.39, 0.29) is 6.10 Å². The second-order valence-corrected chi connectivity index (χ2v) is 4.95. The monoisotopic (exact) mass is 230 g/mol. The number of aliphatic hydroxyl groups is 1. The molecule has 17 heavy (non-hydrogen) atoms. The van der Waals surface area contributed by atoms with E-state index in [1.54, 1.807) is 0 Å². The van der Waals surface area contributed by atoms with E-state index in [0.29, 0.717) is 0 Å². The van der Waals surface area contributed by atoms with Gasteiger partial charge in [0.15, 0.2) is 0 Å². The number of rotatable bonds is 3. The molecule has 1 unspecified atom stereocenters. The molecule has 1 N–H and O–H groups in total. The van der Waals surface area contributed by atoms with Crippen molar-refractivity contribution in [2.75, 3.05) is 0 Å². The van der Waals surface area contributed by atoms with E-state index in [1.165, 1.54) is 29.5 Å². The summed E-state index contributed by atoms with van der Waals surface area (Å²) in [6.07, 6.45) is 8.49. The lowest BCUT2D eigenvalue weighted by molar-refractivity contribution is 0.211. The van der Waals surface area contributed by atoms with Crippen molar-refractivity contribution in [1.82, 2.24) is 0 Å². The Morgan fingerprint density at radius 2 is 1.94 bits per heavy atom. The summed E-state index contributed by atoms with van der Waals surface area (Å²) in [5, 5.41) is 9.78. The fourth-order valence-electron chi connectivity index (χ4n) is 2.48. The number of hydrogen-bond acceptors (Lipinski definition) is 1. The number of benzene rings is 1. The summed E-state index contributed by atoms with van der Waals surface area (Å²) in [4.78, 5) is 0. The molecule has 0 fully saturated rings. The molecule has 0 heterocycles. The van der Waals surface area contributed by atoms with Gasteiger partial charge in [-0.2, -0.15) is 0 Å². The van der Waals surface area contributed by atoms with Gasteiger partial charge in [0, 0.05) is 0 Å². The van der Waals surface area contributed by atoms with Crippen LogP contribution in [0.1, 0.15) is 50.2 Å². The Morgan fingerprint density at radius 3 is 2.65 bits per heavy atom. The average Bonchev–Trinajstić information content (AvgIpc) is 2.55. The second-order valence-electron chi connectivity index (χ2n) is 4.95. The first-order chi connectivity index (χ1) is 8.29. The SMILES string of the molecule is CCCc1ccc(C2=CC(O)CCCC2)cc1. The molecule has 2 rings (SSSR count). The zero-order chi connectivity index (χ0) is 12.1. The van der Waals surface area contributed by atoms with Crippen molar-refractivity contribution in [3.05, 3.63) is 41.5 Å². The summed E-state index contributed by atoms with van der Waals surface area (Å²) in [6.45, 7) is 2.21. The summed E-state index contributed by atoms with van der Waals surface area (Å²) in [5.74, 6) is 0. The molecule has 1 aliphatic carbocycles. The second kappa shape index (κ2) is 6.02. The predicted molar refractivity (Wildman–Crippen MR) is 72.9 cm³/mol. The quantitative estimate of drug-likeness (QED) is 0.833. The molecular weight excluding hydrogens is 208 g/mol. The summed E-state index contributed by atoms with van der Waals surface area (Å²) in [6, 6.07) is 8.84. The van der Waals surface area contributed by atoms with Crippen LogP contribution in [0.4, 0.5) is 0 Å². The van der Waals surface area contributed by atoms with Crippen LogP contribution in [0.25, 0.3) is 5.57 Å². The molecule has 0 saturated heterocycles. The molecule has 0 aliphatic heterocycles. The molecule has 0 radical (unpaired) electrons. The summed E-state index contributed by atoms with van der Waals surface area (Å²) < 4.78 is 0. The van der Waals surface area contributed by atoms with E-state index in [9.17, 15) is 5.11 Å². The highest BCUT2D eigenvalue weighted by Gasteiger charge is 2.10. The fourth-order valence-corrected chi connectivity index (χ4v) is 2.48. The number of aryl methyl sites for hydroxylation is 1. The third kappa shape index (κ3) is 3.44. The van der Waals surface area contributed by atoms with Gasteiger partial charge in [-0.05, 0) is 42.4 Å². The van der Waals surface area contributed by atoms with Gasteiger partial charge in [0.1, 0.15) is 0 Å². The van der Waals surface area contributed by atoms with Gasteiger partial charge < -0.3 is 5.11 Å². The molecular formula is C16H22O. The van der Waals surface area contributed by atoms with Gasteiger partial charge in [0.05, 0.1) is 6.10 Å². The topological polar surface area (TPSA) is 20.2 Å². The lowest BCUT2D eigenvalue weighted by atomic mass is 9.99. The summed E-state index contributed by atoms with van der Waals surface area (Å²) in [7, 11) is 0. The van der Waals surface area contributed by atoms with Crippen molar-refractivity contribution in [2.45, 2.75) is 51.6 Å². The van der Waals surface area contributed by atoms with E-state index in [2.05, 4.69) is 31.2 Å². The molecule has 1 aromatic carbocycles. The van der Waals surface area contributed by atoms with E-state index in [4.69, 9.17) is 0 Å². The zero-order valence-corrected chi connectivity index (χ0v) is 10.7. The zero-order valence-electron chi connectivity index (χ0n) is 10.7. The third-order valence-electron chi connectivity index (χ3n) is 3.45. The maximum Gasteiger partial charge on any atom is 0.0726 e. The summed E-state index contributed by atoms with van der Waals surface area (Å²) >= 11 is 0. The molecule has 1 atom stereocenters. The van der Waals surface area contributed by atoms with Crippen LogP contribution in [-0.4, -0.2) is 11.2 Å². The molecule has 1 aliphatic rings. The lowest BCUT2D eigenvalue weighted by Gasteiger charge is -2.08. The Kier molecular flexibility index (Phi) is 4.38. The Hall–Kier alpha value is -1.08. The van der Waals surface area contributed by atoms with Crippen molar-refractivity contribution < 1.29 is 5.11 Å². The van der Waals surface area contributed by atoms with Crippen LogP contribution >= 0.6 is 0 Å². The van der Waals surface area contributed by atoms with Crippen LogP contribution in [0.5, 0.6) is 0 Å². The molecule has 92 valence electrons. The smallest absolute Gasteiger partial charge is 0.0726 e. The minimum atomic E-state index is -0.247. The van der Waals surface area contributed by atoms with Crippen LogP contribution in [0.2, 0.25) is 0 Å². The normalized spacial score (nSPS) is 20.8. The number of aliphatic hydroxyl groups excluding tert-OH is 1. The van der Waals surface area contributed by atoms with Gasteiger partial charge in [-0.1, -0.05) is 50.1 Å². The van der Waals surface area contributed by atoms with Crippen LogP contribution in [0.3, 0.4) is 0 Å². The number of hydrogen-bond donors (Lipinski definition) is 1. The minimum Gasteiger partial charge on any atom is -0.389 e. The lowest BCUT2D eigenvalue weighted by Crippen LogP contribution is -2.00. The molecule has 0 bridgehead atoms. The number of allylic oxidation sites excluding steroid dienone is 1. The Labute approximate surface area is 104 Å². The van der Waals surface area contributed by atoms with Gasteiger partial charge in [-0.15, -0.1) is 0 Å². The molecule has 1 heteroatoms. The standard InChI is InChI=1S/C16H22O/c1-2-5-13-8-10-14(11-9-13)15-6-3-4-7-16(17)12-15/h8-12,16-17H,2-7H2,1H3. The first kappa shape index (κ1) is 12.4. The van der Waals surface area contributed by atoms with Crippen molar-refractivity contribution in [1.29, 1.82) is 0 Å². The Balaban J connectivity index is 2.15. The maximum atomic E-state index is 9.78. The molecule has 0 spiro atoms. The molecule has 1 nitrogen and oxygen atoms in total. The van der Waals surface area contributed by atoms with E-state index >= 15 is 0 Å². The largest absolute Gasteiger partial charge is 0.389 e. The Bertz CT molecular complexity index is 375. The molecule has 0 amide bonds. The van der Waals surface area contributed by atoms with E-state index < -0.39 is 0 Å². The fraction of sp³-hybridized carbons (Fsp3) is 0.500. The van der Waals surface area contributed by atoms with Gasteiger partial charge in [-0.3, -0.25) is 0 Å². The van der Waals surface area contributed by atoms with Crippen LogP contribution < -0.4 is 0 Å². The van der Waals surface area contributed by atoms with Gasteiger partial charge in [0.2, 0.25) is 0 Å². The predicted octanol–water partition coefficient (Wildman–Crippen LogP) is 3.96. The summed E-state index contributed by atoms with van der Waals surface area (Å²) in [5.41, 5.74) is 4.01. The first-order valence-corrected chi connectivity index (χ1v) is 6.77. The Morgan fingerprint density at radius 1 is 1.18 bits per heavy atom. The van der Waals surface area contributed by atoms with Crippen molar-refractivity contribution >= 4 is 5.57 Å². The first-order valence-electron chi connectivity index (χ1n) is 6.77. The van der Waals surface area contributed by atoms with Crippen LogP contribution in [0.15, 0.2) is 30.3 Å². The highest BCUT2D eigenvalue weighted by Crippen LogP contribution is 2.26. The molecule has 0 aromatic heterocycles. The highest BCUT2D eigenvalue weighted by atomic mass is 16.3. The van der Waals surface area contributed by atoms with Crippen molar-refractivity contribution in [2.24, 2.45) is 0 Å². The molecule has 1 aromatic rings. The van der Waals surface area contributed by atoms with Crippen molar-refractivity contribution in [3.63, 3.8) is 0 Å². The van der Waals surface area contributed by atoms with Gasteiger partial charge >= 0.3 is 0 Å². The van der Waals surface area contributed by atoms with Gasteiger partial charge in [-0.25, -0.2) is 0 Å². The average molecular weight is 230 g/mol. The minimum absolute atomic E-state index is 0.247. The third-order valence-corrected chi connectivity index (χ3v) is 3.45. The van der Waals surface area contributed by atoms with Crippen LogP contribution in [0, 0.1) is 0 Å². The van der Waals surface area contributed by atoms with Gasteiger partial charge in [0.25, 0.3) is 0 Å². The molecule has 0 saturated carbocycles. The van der Waals surface area contributed by atoms with Crippen molar-refractivity contribution in [3.8, 4) is 0 Å². The van der Waals surface area contributed by atoms with Crippen LogP contribution in [-0.2, 0) is 6.42 Å². The van der Waals surface area contributed by atoms with E-state index in [1.807, 2.05) is 6.08 Å². The van der Waals surface area contributed by atoms with E-state index in [0.717, 1.165) is 25.7 Å². The maximum absolute atomic E-state index is 9.78. The highest BCUT2D eigenvalue weighted by molar-refractivity contribution is 5.66.